The highest BCUT2D eigenvalue weighted by Gasteiger charge is 2.36. The third kappa shape index (κ3) is 3.99. The van der Waals surface area contributed by atoms with Crippen molar-refractivity contribution in [1.29, 1.82) is 0 Å². The molecule has 0 N–H and O–H groups in total. The number of likely N-dealkylation sites (tertiary alicyclic amines) is 1. The first-order chi connectivity index (χ1) is 13.6. The lowest BCUT2D eigenvalue weighted by molar-refractivity contribution is -0.149. The topological polar surface area (TPSA) is 49.9 Å². The molecule has 28 heavy (non-hydrogen) atoms. The van der Waals surface area contributed by atoms with Gasteiger partial charge in [-0.05, 0) is 54.7 Å². The summed E-state index contributed by atoms with van der Waals surface area (Å²) >= 11 is 6.08. The van der Waals surface area contributed by atoms with Crippen LogP contribution in [0.25, 0.3) is 0 Å². The molecule has 2 aromatic carbocycles. The molecule has 0 spiro atoms. The number of nitrogens with zero attached hydrogens (tertiary/aromatic N) is 2. The molecule has 0 bridgehead atoms. The van der Waals surface area contributed by atoms with Gasteiger partial charge in [0.25, 0.3) is 5.91 Å². The lowest BCUT2D eigenvalue weighted by Crippen LogP contribution is -2.53. The molecule has 6 heteroatoms. The van der Waals surface area contributed by atoms with E-state index < -0.39 is 6.04 Å². The van der Waals surface area contributed by atoms with Gasteiger partial charge in [0.1, 0.15) is 11.8 Å². The molecular formula is C22H23ClN2O3. The quantitative estimate of drug-likeness (QED) is 0.790. The molecule has 2 aliphatic rings. The number of rotatable bonds is 4. The highest BCUT2D eigenvalue weighted by Crippen LogP contribution is 2.28. The van der Waals surface area contributed by atoms with E-state index in [0.717, 1.165) is 24.0 Å². The summed E-state index contributed by atoms with van der Waals surface area (Å²) in [7, 11) is 0. The van der Waals surface area contributed by atoms with Crippen molar-refractivity contribution >= 4 is 23.4 Å². The van der Waals surface area contributed by atoms with Gasteiger partial charge in [-0.3, -0.25) is 9.59 Å². The molecule has 2 aromatic rings. The fraction of sp³-hybridized carbons (Fsp3) is 0.364. The summed E-state index contributed by atoms with van der Waals surface area (Å²) in [6.45, 7) is 1.67. The molecule has 2 heterocycles. The van der Waals surface area contributed by atoms with E-state index in [1.165, 1.54) is 0 Å². The molecule has 2 aliphatic heterocycles. The van der Waals surface area contributed by atoms with E-state index >= 15 is 0 Å². The number of piperidine rings is 1. The lowest BCUT2D eigenvalue weighted by atomic mass is 10.0. The van der Waals surface area contributed by atoms with Crippen LogP contribution in [0.4, 0.5) is 0 Å². The average molecular weight is 399 g/mol. The largest absolute Gasteiger partial charge is 0.484 e. The smallest absolute Gasteiger partial charge is 0.261 e. The van der Waals surface area contributed by atoms with Gasteiger partial charge < -0.3 is 14.5 Å². The van der Waals surface area contributed by atoms with Crippen LogP contribution in [0.15, 0.2) is 48.5 Å². The number of benzene rings is 2. The van der Waals surface area contributed by atoms with Crippen LogP contribution >= 0.6 is 11.6 Å². The van der Waals surface area contributed by atoms with Crippen molar-refractivity contribution in [3.8, 4) is 5.75 Å². The number of carbonyl (C=O) groups excluding carboxylic acids is 2. The summed E-state index contributed by atoms with van der Waals surface area (Å²) in [6, 6.07) is 14.6. The number of ether oxygens (including phenoxy) is 1. The van der Waals surface area contributed by atoms with Crippen LogP contribution in [-0.2, 0) is 22.7 Å². The number of halogens is 1. The highest BCUT2D eigenvalue weighted by atomic mass is 35.5. The Bertz CT molecular complexity index is 871. The molecule has 4 rings (SSSR count). The van der Waals surface area contributed by atoms with E-state index in [1.807, 2.05) is 53.4 Å². The number of para-hydroxylation sites is 1. The summed E-state index contributed by atoms with van der Waals surface area (Å²) < 4.78 is 5.61. The zero-order valence-corrected chi connectivity index (χ0v) is 16.4. The summed E-state index contributed by atoms with van der Waals surface area (Å²) in [5, 5.41) is 0.681. The van der Waals surface area contributed by atoms with E-state index in [4.69, 9.17) is 16.3 Å². The van der Waals surface area contributed by atoms with Gasteiger partial charge in [-0.25, -0.2) is 0 Å². The second-order valence-electron chi connectivity index (χ2n) is 7.31. The van der Waals surface area contributed by atoms with Crippen molar-refractivity contribution in [1.82, 2.24) is 9.80 Å². The Morgan fingerprint density at radius 2 is 1.82 bits per heavy atom. The van der Waals surface area contributed by atoms with E-state index in [-0.39, 0.29) is 18.4 Å². The third-order valence-electron chi connectivity index (χ3n) is 5.42. The first kappa shape index (κ1) is 18.8. The first-order valence-electron chi connectivity index (χ1n) is 9.65. The fourth-order valence-corrected chi connectivity index (χ4v) is 4.16. The summed E-state index contributed by atoms with van der Waals surface area (Å²) in [6.07, 6.45) is 2.56. The number of hydrogen-bond acceptors (Lipinski definition) is 3. The van der Waals surface area contributed by atoms with Gasteiger partial charge in [0, 0.05) is 24.7 Å². The molecule has 5 nitrogen and oxygen atoms in total. The van der Waals surface area contributed by atoms with Gasteiger partial charge in [0.05, 0.1) is 0 Å². The second-order valence-corrected chi connectivity index (χ2v) is 7.74. The SMILES string of the molecule is O=C([C@H]1CCCCN1C(=O)COc1ccccc1)N1Cc2ccc(Cl)cc2C1. The molecule has 0 radical (unpaired) electrons. The minimum absolute atomic E-state index is 0.0140. The molecule has 0 aromatic heterocycles. The van der Waals surface area contributed by atoms with Crippen molar-refractivity contribution < 1.29 is 14.3 Å². The first-order valence-corrected chi connectivity index (χ1v) is 10.0. The van der Waals surface area contributed by atoms with Crippen molar-refractivity contribution in [3.05, 3.63) is 64.7 Å². The molecule has 1 atom stereocenters. The minimum Gasteiger partial charge on any atom is -0.484 e. The summed E-state index contributed by atoms with van der Waals surface area (Å²) in [5.41, 5.74) is 2.21. The summed E-state index contributed by atoms with van der Waals surface area (Å²) in [4.78, 5) is 29.5. The molecule has 2 amide bonds. The number of amides is 2. The van der Waals surface area contributed by atoms with Crippen LogP contribution < -0.4 is 4.74 Å². The second kappa shape index (κ2) is 8.23. The van der Waals surface area contributed by atoms with Crippen molar-refractivity contribution in [2.75, 3.05) is 13.2 Å². The van der Waals surface area contributed by atoms with E-state index in [1.54, 1.807) is 4.90 Å². The molecule has 0 aliphatic carbocycles. The van der Waals surface area contributed by atoms with E-state index in [2.05, 4.69) is 0 Å². The predicted molar refractivity (Wildman–Crippen MR) is 107 cm³/mol. The molecule has 1 fully saturated rings. The molecule has 146 valence electrons. The maximum absolute atomic E-state index is 13.2. The normalized spacial score (nSPS) is 18.7. The Kier molecular flexibility index (Phi) is 5.53. The molecule has 1 saturated heterocycles. The zero-order chi connectivity index (χ0) is 19.5. The van der Waals surface area contributed by atoms with Crippen LogP contribution in [0, 0.1) is 0 Å². The number of carbonyl (C=O) groups is 2. The Balaban J connectivity index is 1.42. The van der Waals surface area contributed by atoms with Gasteiger partial charge in [0.15, 0.2) is 6.61 Å². The Hall–Kier alpha value is -2.53. The van der Waals surface area contributed by atoms with Gasteiger partial charge in [-0.1, -0.05) is 35.9 Å². The predicted octanol–water partition coefficient (Wildman–Crippen LogP) is 3.64. The van der Waals surface area contributed by atoms with Crippen molar-refractivity contribution in [2.45, 2.75) is 38.4 Å². The van der Waals surface area contributed by atoms with Crippen LogP contribution in [0.1, 0.15) is 30.4 Å². The van der Waals surface area contributed by atoms with E-state index in [9.17, 15) is 9.59 Å². The maximum atomic E-state index is 13.2. The summed E-state index contributed by atoms with van der Waals surface area (Å²) in [5.74, 6) is 0.532. The number of fused-ring (bicyclic) bond motifs is 1. The van der Waals surface area contributed by atoms with Crippen molar-refractivity contribution in [3.63, 3.8) is 0 Å². The third-order valence-corrected chi connectivity index (χ3v) is 5.65. The molecule has 0 saturated carbocycles. The Morgan fingerprint density at radius 3 is 2.64 bits per heavy atom. The maximum Gasteiger partial charge on any atom is 0.261 e. The van der Waals surface area contributed by atoms with Crippen LogP contribution in [-0.4, -0.2) is 40.8 Å². The Morgan fingerprint density at radius 1 is 1.04 bits per heavy atom. The standard InChI is InChI=1S/C22H23ClN2O3/c23-18-10-9-16-13-24(14-17(16)12-18)22(27)20-8-4-5-11-25(20)21(26)15-28-19-6-2-1-3-7-19/h1-3,6-7,9-10,12,20H,4-5,8,11,13-15H2/t20-/m1/s1. The van der Waals surface area contributed by atoms with Crippen LogP contribution in [0.5, 0.6) is 5.75 Å². The molecular weight excluding hydrogens is 376 g/mol. The van der Waals surface area contributed by atoms with Crippen LogP contribution in [0.2, 0.25) is 5.02 Å². The van der Waals surface area contributed by atoms with Gasteiger partial charge in [-0.15, -0.1) is 0 Å². The van der Waals surface area contributed by atoms with Crippen molar-refractivity contribution in [2.24, 2.45) is 0 Å². The van der Waals surface area contributed by atoms with E-state index in [0.29, 0.717) is 36.8 Å². The monoisotopic (exact) mass is 398 g/mol. The Labute approximate surface area is 169 Å². The van der Waals surface area contributed by atoms with Crippen LogP contribution in [0.3, 0.4) is 0 Å². The lowest BCUT2D eigenvalue weighted by Gasteiger charge is -2.36. The minimum atomic E-state index is -0.412. The highest BCUT2D eigenvalue weighted by molar-refractivity contribution is 6.30. The van der Waals surface area contributed by atoms with Gasteiger partial charge in [-0.2, -0.15) is 0 Å². The average Bonchev–Trinajstić information content (AvgIpc) is 3.15. The zero-order valence-electron chi connectivity index (χ0n) is 15.6. The fourth-order valence-electron chi connectivity index (χ4n) is 3.96. The van der Waals surface area contributed by atoms with Gasteiger partial charge >= 0.3 is 0 Å². The molecule has 0 unspecified atom stereocenters. The number of hydrogen-bond donors (Lipinski definition) is 0. The van der Waals surface area contributed by atoms with Gasteiger partial charge in [0.2, 0.25) is 5.91 Å².